The maximum atomic E-state index is 10.9. The molecular weight excluding hydrogens is 226 g/mol. The lowest BCUT2D eigenvalue weighted by atomic mass is 10.1. The SMILES string of the molecule is CCCOc1ccc(C=O)cc1C[NH+](CC)CC. The Kier molecular flexibility index (Phi) is 6.44. The van der Waals surface area contributed by atoms with E-state index in [0.29, 0.717) is 0 Å². The van der Waals surface area contributed by atoms with Crippen molar-refractivity contribution in [1.29, 1.82) is 0 Å². The van der Waals surface area contributed by atoms with Crippen molar-refractivity contribution in [3.05, 3.63) is 29.3 Å². The molecule has 18 heavy (non-hydrogen) atoms. The van der Waals surface area contributed by atoms with Crippen molar-refractivity contribution in [1.82, 2.24) is 0 Å². The van der Waals surface area contributed by atoms with E-state index in [0.717, 1.165) is 55.8 Å². The second kappa shape index (κ2) is 7.88. The van der Waals surface area contributed by atoms with Crippen LogP contribution in [0.2, 0.25) is 0 Å². The Morgan fingerprint density at radius 1 is 1.22 bits per heavy atom. The molecule has 0 amide bonds. The Morgan fingerprint density at radius 3 is 2.50 bits per heavy atom. The van der Waals surface area contributed by atoms with E-state index in [4.69, 9.17) is 4.74 Å². The van der Waals surface area contributed by atoms with Crippen LogP contribution in [0.1, 0.15) is 43.1 Å². The highest BCUT2D eigenvalue weighted by molar-refractivity contribution is 5.75. The van der Waals surface area contributed by atoms with Crippen LogP contribution in [-0.4, -0.2) is 26.0 Å². The fourth-order valence-corrected chi connectivity index (χ4v) is 1.93. The lowest BCUT2D eigenvalue weighted by Gasteiger charge is -2.18. The first-order valence-corrected chi connectivity index (χ1v) is 6.79. The molecule has 0 atom stereocenters. The Labute approximate surface area is 110 Å². The molecule has 0 bridgehead atoms. The third-order valence-electron chi connectivity index (χ3n) is 3.12. The maximum Gasteiger partial charge on any atom is 0.150 e. The predicted octanol–water partition coefficient (Wildman–Crippen LogP) is 1.71. The minimum atomic E-state index is 0.723. The monoisotopic (exact) mass is 250 g/mol. The Bertz CT molecular complexity index is 373. The van der Waals surface area contributed by atoms with Crippen LogP contribution in [0, 0.1) is 0 Å². The van der Waals surface area contributed by atoms with Crippen molar-refractivity contribution in [3.8, 4) is 5.75 Å². The molecule has 3 heteroatoms. The zero-order valence-electron chi connectivity index (χ0n) is 11.7. The van der Waals surface area contributed by atoms with Crippen molar-refractivity contribution < 1.29 is 14.4 Å². The number of rotatable bonds is 8. The maximum absolute atomic E-state index is 10.9. The molecule has 100 valence electrons. The van der Waals surface area contributed by atoms with Gasteiger partial charge in [-0.3, -0.25) is 4.79 Å². The van der Waals surface area contributed by atoms with E-state index >= 15 is 0 Å². The fraction of sp³-hybridized carbons (Fsp3) is 0.533. The third kappa shape index (κ3) is 4.15. The zero-order chi connectivity index (χ0) is 13.4. The third-order valence-corrected chi connectivity index (χ3v) is 3.12. The van der Waals surface area contributed by atoms with Gasteiger partial charge in [0.1, 0.15) is 18.6 Å². The smallest absolute Gasteiger partial charge is 0.150 e. The number of hydrogen-bond acceptors (Lipinski definition) is 2. The largest absolute Gasteiger partial charge is 0.493 e. The number of benzene rings is 1. The summed E-state index contributed by atoms with van der Waals surface area (Å²) in [5.41, 5.74) is 1.85. The van der Waals surface area contributed by atoms with Crippen molar-refractivity contribution >= 4 is 6.29 Å². The van der Waals surface area contributed by atoms with Gasteiger partial charge < -0.3 is 9.64 Å². The fourth-order valence-electron chi connectivity index (χ4n) is 1.93. The van der Waals surface area contributed by atoms with Crippen molar-refractivity contribution in [2.75, 3.05) is 19.7 Å². The molecule has 0 radical (unpaired) electrons. The molecule has 0 aliphatic heterocycles. The summed E-state index contributed by atoms with van der Waals surface area (Å²) in [7, 11) is 0. The summed E-state index contributed by atoms with van der Waals surface area (Å²) in [6.45, 7) is 10.2. The Hall–Kier alpha value is -1.35. The summed E-state index contributed by atoms with van der Waals surface area (Å²) in [5, 5.41) is 0. The average molecular weight is 250 g/mol. The summed E-state index contributed by atoms with van der Waals surface area (Å²) >= 11 is 0. The second-order valence-electron chi connectivity index (χ2n) is 4.47. The lowest BCUT2D eigenvalue weighted by molar-refractivity contribution is -0.910. The number of carbonyl (C=O) groups is 1. The summed E-state index contributed by atoms with van der Waals surface area (Å²) in [6, 6.07) is 5.68. The quantitative estimate of drug-likeness (QED) is 0.712. The van der Waals surface area contributed by atoms with Gasteiger partial charge in [0, 0.05) is 11.1 Å². The van der Waals surface area contributed by atoms with E-state index < -0.39 is 0 Å². The van der Waals surface area contributed by atoms with Gasteiger partial charge in [0.25, 0.3) is 0 Å². The van der Waals surface area contributed by atoms with E-state index in [9.17, 15) is 4.79 Å². The molecule has 0 aromatic heterocycles. The van der Waals surface area contributed by atoms with Crippen LogP contribution in [0.3, 0.4) is 0 Å². The molecule has 1 aromatic carbocycles. The molecule has 0 fully saturated rings. The van der Waals surface area contributed by atoms with Crippen LogP contribution >= 0.6 is 0 Å². The average Bonchev–Trinajstić information content (AvgIpc) is 2.42. The number of ether oxygens (including phenoxy) is 1. The molecule has 0 spiro atoms. The summed E-state index contributed by atoms with van der Waals surface area (Å²) in [5.74, 6) is 0.918. The van der Waals surface area contributed by atoms with Gasteiger partial charge in [-0.25, -0.2) is 0 Å². The molecule has 1 N–H and O–H groups in total. The molecule has 1 rings (SSSR count). The number of carbonyl (C=O) groups excluding carboxylic acids is 1. The number of quaternary nitrogens is 1. The molecular formula is C15H24NO2+. The van der Waals surface area contributed by atoms with Gasteiger partial charge in [-0.15, -0.1) is 0 Å². The van der Waals surface area contributed by atoms with Gasteiger partial charge >= 0.3 is 0 Å². The minimum Gasteiger partial charge on any atom is -0.493 e. The van der Waals surface area contributed by atoms with E-state index in [-0.39, 0.29) is 0 Å². The highest BCUT2D eigenvalue weighted by Crippen LogP contribution is 2.19. The summed E-state index contributed by atoms with van der Waals surface area (Å²) in [4.78, 5) is 12.3. The highest BCUT2D eigenvalue weighted by Gasteiger charge is 2.11. The molecule has 1 aromatic rings. The standard InChI is InChI=1S/C15H23NO2/c1-4-9-18-15-8-7-13(12-17)10-14(15)11-16(5-2)6-3/h7-8,10,12H,4-6,9,11H2,1-3H3/p+1. The topological polar surface area (TPSA) is 30.7 Å². The first-order chi connectivity index (χ1) is 8.74. The first-order valence-electron chi connectivity index (χ1n) is 6.79. The van der Waals surface area contributed by atoms with Gasteiger partial charge in [0.05, 0.1) is 19.7 Å². The van der Waals surface area contributed by atoms with E-state index in [1.54, 1.807) is 0 Å². The van der Waals surface area contributed by atoms with Crippen LogP contribution in [0.4, 0.5) is 0 Å². The molecule has 3 nitrogen and oxygen atoms in total. The van der Waals surface area contributed by atoms with Crippen molar-refractivity contribution in [2.45, 2.75) is 33.7 Å². The van der Waals surface area contributed by atoms with Crippen LogP contribution in [0.15, 0.2) is 18.2 Å². The van der Waals surface area contributed by atoms with Crippen molar-refractivity contribution in [3.63, 3.8) is 0 Å². The van der Waals surface area contributed by atoms with E-state index in [1.807, 2.05) is 18.2 Å². The summed E-state index contributed by atoms with van der Waals surface area (Å²) in [6.07, 6.45) is 1.89. The molecule has 0 saturated carbocycles. The number of nitrogens with one attached hydrogen (secondary N) is 1. The van der Waals surface area contributed by atoms with Gasteiger partial charge in [-0.2, -0.15) is 0 Å². The second-order valence-corrected chi connectivity index (χ2v) is 4.47. The minimum absolute atomic E-state index is 0.723. The van der Waals surface area contributed by atoms with Crippen LogP contribution in [-0.2, 0) is 6.54 Å². The van der Waals surface area contributed by atoms with Gasteiger partial charge in [0.15, 0.2) is 0 Å². The molecule has 0 aliphatic rings. The summed E-state index contributed by atoms with van der Waals surface area (Å²) < 4.78 is 5.75. The van der Waals surface area contributed by atoms with E-state index in [1.165, 1.54) is 4.90 Å². The van der Waals surface area contributed by atoms with Crippen molar-refractivity contribution in [2.24, 2.45) is 0 Å². The van der Waals surface area contributed by atoms with Crippen LogP contribution in [0.25, 0.3) is 0 Å². The van der Waals surface area contributed by atoms with Crippen LogP contribution < -0.4 is 9.64 Å². The number of aldehydes is 1. The lowest BCUT2D eigenvalue weighted by Crippen LogP contribution is -3.10. The van der Waals surface area contributed by atoms with Gasteiger partial charge in [-0.05, 0) is 38.5 Å². The number of hydrogen-bond donors (Lipinski definition) is 1. The molecule has 0 heterocycles. The molecule has 0 unspecified atom stereocenters. The highest BCUT2D eigenvalue weighted by atomic mass is 16.5. The first kappa shape index (κ1) is 14.7. The normalized spacial score (nSPS) is 10.7. The Balaban J connectivity index is 2.91. The van der Waals surface area contributed by atoms with Crippen LogP contribution in [0.5, 0.6) is 5.75 Å². The molecule has 0 saturated heterocycles. The van der Waals surface area contributed by atoms with Gasteiger partial charge in [-0.1, -0.05) is 6.92 Å². The Morgan fingerprint density at radius 2 is 1.94 bits per heavy atom. The molecule has 0 aliphatic carbocycles. The zero-order valence-corrected chi connectivity index (χ0v) is 11.7. The van der Waals surface area contributed by atoms with Gasteiger partial charge in [0.2, 0.25) is 0 Å². The van der Waals surface area contributed by atoms with E-state index in [2.05, 4.69) is 20.8 Å². The predicted molar refractivity (Wildman–Crippen MR) is 73.4 cm³/mol.